The molecule has 0 spiro atoms. The Morgan fingerprint density at radius 1 is 0.861 bits per heavy atom. The molecule has 3 aromatic carbocycles. The summed E-state index contributed by atoms with van der Waals surface area (Å²) in [6.07, 6.45) is 2.88. The van der Waals surface area contributed by atoms with E-state index in [0.29, 0.717) is 23.2 Å². The minimum atomic E-state index is -3.43. The average molecular weight is 515 g/mol. The average Bonchev–Trinajstić information content (AvgIpc) is 2.87. The van der Waals surface area contributed by atoms with Crippen molar-refractivity contribution in [2.75, 3.05) is 16.3 Å². The summed E-state index contributed by atoms with van der Waals surface area (Å²) in [4.78, 5) is 9.17. The summed E-state index contributed by atoms with van der Waals surface area (Å²) in [5, 5.41) is 5.56. The van der Waals surface area contributed by atoms with Gasteiger partial charge in [-0.2, -0.15) is 0 Å². The van der Waals surface area contributed by atoms with Crippen LogP contribution in [0.5, 0.6) is 0 Å². The van der Waals surface area contributed by atoms with E-state index in [1.165, 1.54) is 0 Å². The monoisotopic (exact) mass is 514 g/mol. The predicted octanol–water partition coefficient (Wildman–Crippen LogP) is 6.60. The first kappa shape index (κ1) is 23.8. The van der Waals surface area contributed by atoms with Gasteiger partial charge in [-0.05, 0) is 46.3 Å². The van der Waals surface area contributed by atoms with Crippen molar-refractivity contribution < 1.29 is 8.42 Å². The van der Waals surface area contributed by atoms with Crippen LogP contribution in [0.15, 0.2) is 97.2 Å². The van der Waals surface area contributed by atoms with E-state index in [1.54, 1.807) is 24.4 Å². The molecule has 5 aromatic rings. The number of nitrogens with zero attached hydrogens (tertiary/aromatic N) is 2. The standard InChI is InChI=1S/C28H23ClN4O2S/c1-36(34,35)33-21-13-7-11-20(17-21)25-24-15-8-14-23(19-9-3-2-4-10-19)26(24)28(32-27(25)29)31-18-22-12-5-6-16-30-22/h2-17,33H,18H2,1H3,(H,31,32). The molecule has 0 radical (unpaired) electrons. The van der Waals surface area contributed by atoms with Crippen molar-refractivity contribution in [1.82, 2.24) is 9.97 Å². The number of aromatic nitrogens is 2. The van der Waals surface area contributed by atoms with Gasteiger partial charge >= 0.3 is 0 Å². The predicted molar refractivity (Wildman–Crippen MR) is 148 cm³/mol. The van der Waals surface area contributed by atoms with Crippen molar-refractivity contribution in [2.45, 2.75) is 6.54 Å². The summed E-state index contributed by atoms with van der Waals surface area (Å²) in [5.41, 5.74) is 4.87. The lowest BCUT2D eigenvalue weighted by Crippen LogP contribution is -2.09. The number of anilines is 2. The largest absolute Gasteiger partial charge is 0.364 e. The molecule has 0 saturated carbocycles. The number of rotatable bonds is 7. The number of pyridine rings is 2. The van der Waals surface area contributed by atoms with Gasteiger partial charge in [-0.15, -0.1) is 0 Å². The van der Waals surface area contributed by atoms with Gasteiger partial charge in [0, 0.05) is 22.8 Å². The molecule has 0 aliphatic rings. The zero-order chi connectivity index (χ0) is 25.1. The molecule has 2 N–H and O–H groups in total. The highest BCUT2D eigenvalue weighted by Gasteiger charge is 2.18. The maximum Gasteiger partial charge on any atom is 0.229 e. The first-order valence-electron chi connectivity index (χ1n) is 11.3. The van der Waals surface area contributed by atoms with Crippen LogP contribution < -0.4 is 10.0 Å². The Labute approximate surface area is 215 Å². The number of fused-ring (bicyclic) bond motifs is 1. The molecule has 8 heteroatoms. The molecule has 2 heterocycles. The van der Waals surface area contributed by atoms with Crippen LogP contribution in [0.3, 0.4) is 0 Å². The zero-order valence-corrected chi connectivity index (χ0v) is 21.0. The molecule has 5 rings (SSSR count). The minimum absolute atomic E-state index is 0.313. The quantitative estimate of drug-likeness (QED) is 0.239. The second-order valence-corrected chi connectivity index (χ2v) is 10.5. The van der Waals surface area contributed by atoms with Crippen molar-refractivity contribution in [3.05, 3.63) is 108 Å². The molecule has 2 aromatic heterocycles. The molecule has 0 saturated heterocycles. The van der Waals surface area contributed by atoms with Gasteiger partial charge in [0.1, 0.15) is 11.0 Å². The molecular formula is C28H23ClN4O2S. The van der Waals surface area contributed by atoms with Gasteiger partial charge in [0.25, 0.3) is 0 Å². The van der Waals surface area contributed by atoms with Crippen molar-refractivity contribution in [1.29, 1.82) is 0 Å². The fourth-order valence-corrected chi connectivity index (χ4v) is 5.08. The van der Waals surface area contributed by atoms with Crippen molar-refractivity contribution in [3.8, 4) is 22.3 Å². The van der Waals surface area contributed by atoms with Crippen molar-refractivity contribution in [2.24, 2.45) is 0 Å². The van der Waals surface area contributed by atoms with E-state index in [0.717, 1.165) is 45.0 Å². The van der Waals surface area contributed by atoms with E-state index in [9.17, 15) is 8.42 Å². The highest BCUT2D eigenvalue weighted by Crippen LogP contribution is 2.42. The van der Waals surface area contributed by atoms with Gasteiger partial charge in [-0.1, -0.05) is 78.3 Å². The van der Waals surface area contributed by atoms with E-state index in [4.69, 9.17) is 16.6 Å². The molecule has 0 atom stereocenters. The lowest BCUT2D eigenvalue weighted by Gasteiger charge is -2.18. The normalized spacial score (nSPS) is 11.4. The first-order valence-corrected chi connectivity index (χ1v) is 13.6. The Morgan fingerprint density at radius 2 is 1.61 bits per heavy atom. The summed E-state index contributed by atoms with van der Waals surface area (Å²) in [7, 11) is -3.43. The van der Waals surface area contributed by atoms with Gasteiger partial charge in [0.15, 0.2) is 0 Å². The molecule has 0 aliphatic carbocycles. The molecule has 0 unspecified atom stereocenters. The lowest BCUT2D eigenvalue weighted by atomic mass is 9.94. The third-order valence-corrected chi connectivity index (χ3v) is 6.57. The summed E-state index contributed by atoms with van der Waals surface area (Å²) < 4.78 is 26.1. The number of sulfonamides is 1. The number of halogens is 1. The van der Waals surface area contributed by atoms with Gasteiger partial charge in [-0.25, -0.2) is 13.4 Å². The van der Waals surface area contributed by atoms with Gasteiger partial charge in [0.05, 0.1) is 18.5 Å². The van der Waals surface area contributed by atoms with Crippen LogP contribution in [0.4, 0.5) is 11.5 Å². The second kappa shape index (κ2) is 9.97. The summed E-state index contributed by atoms with van der Waals surface area (Å²) in [6, 6.07) is 29.1. The van der Waals surface area contributed by atoms with E-state index in [1.807, 2.05) is 54.6 Å². The van der Waals surface area contributed by atoms with E-state index < -0.39 is 10.0 Å². The Morgan fingerprint density at radius 3 is 2.36 bits per heavy atom. The minimum Gasteiger partial charge on any atom is -0.364 e. The Kier molecular flexibility index (Phi) is 6.59. The van der Waals surface area contributed by atoms with Crippen molar-refractivity contribution in [3.63, 3.8) is 0 Å². The molecule has 0 amide bonds. The number of hydrogen-bond acceptors (Lipinski definition) is 5. The van der Waals surface area contributed by atoms with Crippen LogP contribution in [0.1, 0.15) is 5.69 Å². The molecular weight excluding hydrogens is 492 g/mol. The molecule has 0 aliphatic heterocycles. The third-order valence-electron chi connectivity index (χ3n) is 5.69. The second-order valence-electron chi connectivity index (χ2n) is 8.35. The maximum atomic E-state index is 11.8. The zero-order valence-electron chi connectivity index (χ0n) is 19.4. The molecule has 0 bridgehead atoms. The van der Waals surface area contributed by atoms with Crippen LogP contribution in [0, 0.1) is 0 Å². The van der Waals surface area contributed by atoms with Gasteiger partial charge < -0.3 is 5.32 Å². The third kappa shape index (κ3) is 5.17. The molecule has 6 nitrogen and oxygen atoms in total. The van der Waals surface area contributed by atoms with E-state index >= 15 is 0 Å². The smallest absolute Gasteiger partial charge is 0.229 e. The number of hydrogen-bond donors (Lipinski definition) is 2. The summed E-state index contributed by atoms with van der Waals surface area (Å²) in [5.74, 6) is 0.647. The first-order chi connectivity index (χ1) is 17.4. The Hall–Kier alpha value is -3.94. The fourth-order valence-electron chi connectivity index (χ4n) is 4.23. The lowest BCUT2D eigenvalue weighted by molar-refractivity contribution is 0.607. The van der Waals surface area contributed by atoms with E-state index in [2.05, 4.69) is 33.2 Å². The van der Waals surface area contributed by atoms with Gasteiger partial charge in [-0.3, -0.25) is 9.71 Å². The van der Waals surface area contributed by atoms with Gasteiger partial charge in [0.2, 0.25) is 10.0 Å². The Balaban J connectivity index is 1.71. The highest BCUT2D eigenvalue weighted by atomic mass is 35.5. The fraction of sp³-hybridized carbons (Fsp3) is 0.0714. The maximum absolute atomic E-state index is 11.8. The van der Waals surface area contributed by atoms with E-state index in [-0.39, 0.29) is 0 Å². The summed E-state index contributed by atoms with van der Waals surface area (Å²) >= 11 is 6.80. The summed E-state index contributed by atoms with van der Waals surface area (Å²) in [6.45, 7) is 0.482. The number of nitrogens with one attached hydrogen (secondary N) is 2. The van der Waals surface area contributed by atoms with Crippen LogP contribution in [-0.2, 0) is 16.6 Å². The topological polar surface area (TPSA) is 84.0 Å². The highest BCUT2D eigenvalue weighted by molar-refractivity contribution is 7.92. The SMILES string of the molecule is CS(=O)(=O)Nc1cccc(-c2c(Cl)nc(NCc3ccccn3)c3c(-c4ccccc4)cccc23)c1. The van der Waals surface area contributed by atoms with Crippen LogP contribution in [-0.4, -0.2) is 24.6 Å². The number of benzene rings is 3. The van der Waals surface area contributed by atoms with Crippen molar-refractivity contribution >= 4 is 43.9 Å². The van der Waals surface area contributed by atoms with Crippen LogP contribution in [0.2, 0.25) is 5.15 Å². The molecule has 36 heavy (non-hydrogen) atoms. The molecule has 0 fully saturated rings. The van der Waals surface area contributed by atoms with Crippen LogP contribution in [0.25, 0.3) is 33.0 Å². The Bertz CT molecular complexity index is 1640. The molecule has 180 valence electrons. The van der Waals surface area contributed by atoms with Crippen LogP contribution >= 0.6 is 11.6 Å².